The number of carbonyl (C=O) groups excluding carboxylic acids is 2. The van der Waals surface area contributed by atoms with Crippen LogP contribution in [-0.2, 0) is 25.5 Å². The first kappa shape index (κ1) is 17.2. The molecule has 23 heavy (non-hydrogen) atoms. The summed E-state index contributed by atoms with van der Waals surface area (Å²) in [6.07, 6.45) is -0.675. The largest absolute Gasteiger partial charge is 0.405 e. The van der Waals surface area contributed by atoms with Crippen LogP contribution in [0.1, 0.15) is 32.3 Å². The van der Waals surface area contributed by atoms with Gasteiger partial charge in [0.15, 0.2) is 5.41 Å². The van der Waals surface area contributed by atoms with Crippen molar-refractivity contribution < 1.29 is 28.6 Å². The molecule has 1 heterocycles. The predicted octanol–water partition coefficient (Wildman–Crippen LogP) is 1.96. The Labute approximate surface area is 133 Å². The van der Waals surface area contributed by atoms with Crippen molar-refractivity contribution in [2.75, 3.05) is 11.9 Å². The smallest absolute Gasteiger partial charge is 0.329 e. The lowest BCUT2D eigenvalue weighted by molar-refractivity contribution is -0.219. The molecule has 1 aromatic rings. The van der Waals surface area contributed by atoms with Crippen LogP contribution >= 0.6 is 0 Å². The summed E-state index contributed by atoms with van der Waals surface area (Å²) >= 11 is 0. The van der Waals surface area contributed by atoms with Crippen molar-refractivity contribution in [2.24, 2.45) is 5.41 Å². The van der Waals surface area contributed by atoms with Gasteiger partial charge < -0.3 is 19.9 Å². The zero-order valence-electron chi connectivity index (χ0n) is 13.1. The summed E-state index contributed by atoms with van der Waals surface area (Å²) in [6.45, 7) is 3.19. The SMILES string of the molecule is CCC1(CC)C(=O)OC(Nc2cccc(F)c2CCO)OC1=O. The third-order valence-electron chi connectivity index (χ3n) is 4.17. The average Bonchev–Trinajstić information content (AvgIpc) is 2.51. The Hall–Kier alpha value is -2.15. The van der Waals surface area contributed by atoms with Gasteiger partial charge in [-0.05, 0) is 25.0 Å². The maximum absolute atomic E-state index is 13.8. The van der Waals surface area contributed by atoms with Gasteiger partial charge in [-0.2, -0.15) is 0 Å². The molecule has 1 aliphatic rings. The number of aliphatic hydroxyl groups is 1. The number of hydrogen-bond donors (Lipinski definition) is 2. The van der Waals surface area contributed by atoms with Crippen LogP contribution in [0, 0.1) is 11.2 Å². The number of hydrogen-bond acceptors (Lipinski definition) is 6. The number of ether oxygens (including phenoxy) is 2. The highest BCUT2D eigenvalue weighted by Crippen LogP contribution is 2.35. The molecular formula is C16H20FNO5. The fourth-order valence-electron chi connectivity index (χ4n) is 2.60. The third-order valence-corrected chi connectivity index (χ3v) is 4.17. The van der Waals surface area contributed by atoms with Crippen molar-refractivity contribution in [1.82, 2.24) is 0 Å². The number of aliphatic hydroxyl groups excluding tert-OH is 1. The molecule has 0 atom stereocenters. The maximum atomic E-state index is 13.8. The van der Waals surface area contributed by atoms with E-state index in [0.29, 0.717) is 5.69 Å². The Morgan fingerprint density at radius 3 is 2.35 bits per heavy atom. The van der Waals surface area contributed by atoms with Crippen molar-refractivity contribution in [3.8, 4) is 0 Å². The molecule has 0 saturated carbocycles. The monoisotopic (exact) mass is 325 g/mol. The Bertz CT molecular complexity index is 580. The van der Waals surface area contributed by atoms with Gasteiger partial charge in [-0.3, -0.25) is 9.59 Å². The van der Waals surface area contributed by atoms with Crippen LogP contribution in [0.5, 0.6) is 0 Å². The molecule has 0 bridgehead atoms. The van der Waals surface area contributed by atoms with E-state index in [0.717, 1.165) is 0 Å². The summed E-state index contributed by atoms with van der Waals surface area (Å²) in [5, 5.41) is 11.7. The highest BCUT2D eigenvalue weighted by atomic mass is 19.1. The molecule has 0 aromatic heterocycles. The Morgan fingerprint density at radius 2 is 1.83 bits per heavy atom. The van der Waals surface area contributed by atoms with Crippen LogP contribution < -0.4 is 5.32 Å². The van der Waals surface area contributed by atoms with Gasteiger partial charge in [-0.1, -0.05) is 19.9 Å². The van der Waals surface area contributed by atoms with E-state index in [2.05, 4.69) is 5.32 Å². The molecule has 1 saturated heterocycles. The molecule has 6 nitrogen and oxygen atoms in total. The summed E-state index contributed by atoms with van der Waals surface area (Å²) < 4.78 is 24.1. The van der Waals surface area contributed by atoms with Gasteiger partial charge in [0.2, 0.25) is 0 Å². The van der Waals surface area contributed by atoms with Crippen molar-refractivity contribution in [2.45, 2.75) is 39.5 Å². The van der Waals surface area contributed by atoms with Gasteiger partial charge in [0, 0.05) is 24.3 Å². The number of anilines is 1. The molecule has 0 radical (unpaired) electrons. The summed E-state index contributed by atoms with van der Waals surface area (Å²) in [7, 11) is 0. The quantitative estimate of drug-likeness (QED) is 0.614. The van der Waals surface area contributed by atoms with Gasteiger partial charge in [0.05, 0.1) is 0 Å². The fourth-order valence-corrected chi connectivity index (χ4v) is 2.60. The molecule has 0 spiro atoms. The molecule has 0 aliphatic carbocycles. The first-order valence-electron chi connectivity index (χ1n) is 7.55. The minimum atomic E-state index is -1.32. The van der Waals surface area contributed by atoms with Crippen molar-refractivity contribution >= 4 is 17.6 Å². The highest BCUT2D eigenvalue weighted by molar-refractivity contribution is 6.01. The second-order valence-electron chi connectivity index (χ2n) is 5.32. The molecule has 1 aromatic carbocycles. The van der Waals surface area contributed by atoms with Gasteiger partial charge in [0.1, 0.15) is 5.82 Å². The average molecular weight is 325 g/mol. The number of carbonyl (C=O) groups is 2. The Balaban J connectivity index is 2.19. The van der Waals surface area contributed by atoms with E-state index in [-0.39, 0.29) is 31.4 Å². The number of nitrogens with one attached hydrogen (secondary N) is 1. The van der Waals surface area contributed by atoms with Crippen LogP contribution in [0.2, 0.25) is 0 Å². The Kier molecular flexibility index (Phi) is 5.20. The molecule has 0 amide bonds. The number of rotatable bonds is 6. The second-order valence-corrected chi connectivity index (χ2v) is 5.32. The molecule has 0 unspecified atom stereocenters. The van der Waals surface area contributed by atoms with E-state index in [4.69, 9.17) is 14.6 Å². The number of cyclic esters (lactones) is 2. The van der Waals surface area contributed by atoms with Crippen molar-refractivity contribution in [3.05, 3.63) is 29.6 Å². The number of halogens is 1. The molecule has 1 aliphatic heterocycles. The van der Waals surface area contributed by atoms with Gasteiger partial charge in [0.25, 0.3) is 0 Å². The first-order chi connectivity index (χ1) is 11.0. The van der Waals surface area contributed by atoms with Gasteiger partial charge in [-0.25, -0.2) is 4.39 Å². The molecule has 2 rings (SSSR count). The van der Waals surface area contributed by atoms with Crippen LogP contribution in [0.15, 0.2) is 18.2 Å². The van der Waals surface area contributed by atoms with E-state index in [1.165, 1.54) is 12.1 Å². The summed E-state index contributed by atoms with van der Waals surface area (Å²) in [4.78, 5) is 24.4. The van der Waals surface area contributed by atoms with Crippen LogP contribution in [0.25, 0.3) is 0 Å². The number of esters is 2. The molecule has 126 valence electrons. The normalized spacial score (nSPS) is 17.6. The van der Waals surface area contributed by atoms with Crippen molar-refractivity contribution in [1.29, 1.82) is 0 Å². The van der Waals surface area contributed by atoms with E-state index in [1.807, 2.05) is 0 Å². The lowest BCUT2D eigenvalue weighted by atomic mass is 9.82. The van der Waals surface area contributed by atoms with E-state index < -0.39 is 29.6 Å². The first-order valence-corrected chi connectivity index (χ1v) is 7.55. The third kappa shape index (κ3) is 3.14. The number of benzene rings is 1. The topological polar surface area (TPSA) is 84.9 Å². The Morgan fingerprint density at radius 1 is 1.22 bits per heavy atom. The lowest BCUT2D eigenvalue weighted by Crippen LogP contribution is -2.51. The molecule has 1 fully saturated rings. The summed E-state index contributed by atoms with van der Waals surface area (Å²) in [5.41, 5.74) is -0.760. The lowest BCUT2D eigenvalue weighted by Gasteiger charge is -2.35. The van der Waals surface area contributed by atoms with Crippen LogP contribution in [-0.4, -0.2) is 30.1 Å². The minimum absolute atomic E-state index is 0.0808. The second kappa shape index (κ2) is 6.95. The standard InChI is InChI=1S/C16H20FNO5/c1-3-16(4-2)13(20)22-15(23-14(16)21)18-12-7-5-6-11(17)10(12)8-9-19/h5-7,15,18-19H,3-4,8-9H2,1-2H3. The fraction of sp³-hybridized carbons (Fsp3) is 0.500. The molecular weight excluding hydrogens is 305 g/mol. The maximum Gasteiger partial charge on any atom is 0.329 e. The minimum Gasteiger partial charge on any atom is -0.405 e. The highest BCUT2D eigenvalue weighted by Gasteiger charge is 2.51. The molecule has 2 N–H and O–H groups in total. The van der Waals surface area contributed by atoms with E-state index >= 15 is 0 Å². The predicted molar refractivity (Wildman–Crippen MR) is 79.8 cm³/mol. The van der Waals surface area contributed by atoms with Crippen molar-refractivity contribution in [3.63, 3.8) is 0 Å². The van der Waals surface area contributed by atoms with E-state index in [1.54, 1.807) is 19.9 Å². The van der Waals surface area contributed by atoms with Gasteiger partial charge in [-0.15, -0.1) is 0 Å². The van der Waals surface area contributed by atoms with Crippen LogP contribution in [0.4, 0.5) is 10.1 Å². The summed E-state index contributed by atoms with van der Waals surface area (Å²) in [6, 6.07) is 4.28. The molecule has 7 heteroatoms. The zero-order chi connectivity index (χ0) is 17.0. The van der Waals surface area contributed by atoms with Crippen LogP contribution in [0.3, 0.4) is 0 Å². The van der Waals surface area contributed by atoms with Gasteiger partial charge >= 0.3 is 18.4 Å². The van der Waals surface area contributed by atoms with E-state index in [9.17, 15) is 14.0 Å². The summed E-state index contributed by atoms with van der Waals surface area (Å²) in [5.74, 6) is -1.82. The zero-order valence-corrected chi connectivity index (χ0v) is 13.1.